The molecular formula is C32H35ClFIN6O3. The summed E-state index contributed by atoms with van der Waals surface area (Å²) < 4.78 is 22.3. The molecule has 7 rings (SSSR count). The minimum Gasteiger partial charge on any atom is -0.428 e. The first-order chi connectivity index (χ1) is 21.0. The molecule has 0 radical (unpaired) electrons. The maximum absolute atomic E-state index is 16.1. The van der Waals surface area contributed by atoms with Crippen molar-refractivity contribution in [2.75, 3.05) is 5.32 Å². The van der Waals surface area contributed by atoms with E-state index in [4.69, 9.17) is 16.0 Å². The summed E-state index contributed by atoms with van der Waals surface area (Å²) in [5.41, 5.74) is -1.05. The molecule has 4 aliphatic rings. The summed E-state index contributed by atoms with van der Waals surface area (Å²) in [5, 5.41) is 17.9. The number of amides is 2. The van der Waals surface area contributed by atoms with Crippen LogP contribution in [0.2, 0.25) is 5.02 Å². The maximum Gasteiger partial charge on any atom is 0.238 e. The highest BCUT2D eigenvalue weighted by atomic mass is 127. The summed E-state index contributed by atoms with van der Waals surface area (Å²) in [6, 6.07) is 7.72. The van der Waals surface area contributed by atoms with E-state index in [2.05, 4.69) is 67.6 Å². The number of nitrogens with one attached hydrogen (secondary N) is 3. The number of rotatable bonds is 4. The SMILES string of the molecule is CC1(C)CCC2(CC1)N[C@@H](C(=O)NC1CCC(c3nnco3)CC1)[C@H](c1cccc(Cl)c1F)[C@]21C(=O)Nc2nc(I)ccc21. The average molecular weight is 733 g/mol. The van der Waals surface area contributed by atoms with Gasteiger partial charge >= 0.3 is 0 Å². The van der Waals surface area contributed by atoms with Crippen molar-refractivity contribution in [2.24, 2.45) is 5.41 Å². The molecule has 2 spiro atoms. The van der Waals surface area contributed by atoms with E-state index in [0.717, 1.165) is 42.2 Å². The Bertz CT molecular complexity index is 1600. The lowest BCUT2D eigenvalue weighted by atomic mass is 9.53. The highest BCUT2D eigenvalue weighted by Crippen LogP contribution is 2.63. The number of carbonyl (C=O) groups excluding carboxylic acids is 2. The molecule has 3 atom stereocenters. The second-order valence-corrected chi connectivity index (χ2v) is 15.1. The summed E-state index contributed by atoms with van der Waals surface area (Å²) in [5.74, 6) is -0.700. The molecule has 2 amide bonds. The summed E-state index contributed by atoms with van der Waals surface area (Å²) >= 11 is 8.50. The number of halogens is 3. The largest absolute Gasteiger partial charge is 0.428 e. The second kappa shape index (κ2) is 11.0. The van der Waals surface area contributed by atoms with Gasteiger partial charge in [0.15, 0.2) is 0 Å². The quantitative estimate of drug-likeness (QED) is 0.223. The molecule has 0 bridgehead atoms. The number of nitrogens with zero attached hydrogens (tertiary/aromatic N) is 3. The van der Waals surface area contributed by atoms with Crippen LogP contribution in [0, 0.1) is 14.9 Å². The van der Waals surface area contributed by atoms with Gasteiger partial charge in [-0.1, -0.05) is 43.6 Å². The van der Waals surface area contributed by atoms with E-state index in [0.29, 0.717) is 30.1 Å². The van der Waals surface area contributed by atoms with Crippen LogP contribution < -0.4 is 16.0 Å². The second-order valence-electron chi connectivity index (χ2n) is 13.6. The first-order valence-corrected chi connectivity index (χ1v) is 16.8. The topological polar surface area (TPSA) is 122 Å². The molecule has 2 aromatic heterocycles. The van der Waals surface area contributed by atoms with Gasteiger partial charge in [0, 0.05) is 29.0 Å². The van der Waals surface area contributed by atoms with Gasteiger partial charge in [0.2, 0.25) is 24.1 Å². The van der Waals surface area contributed by atoms with Crippen LogP contribution in [-0.2, 0) is 15.0 Å². The molecule has 9 nitrogen and oxygen atoms in total. The highest BCUT2D eigenvalue weighted by molar-refractivity contribution is 14.1. The van der Waals surface area contributed by atoms with Gasteiger partial charge in [0.25, 0.3) is 0 Å². The number of benzene rings is 1. The molecule has 2 aliphatic carbocycles. The fourth-order valence-electron chi connectivity index (χ4n) is 8.42. The van der Waals surface area contributed by atoms with Crippen LogP contribution in [0.3, 0.4) is 0 Å². The summed E-state index contributed by atoms with van der Waals surface area (Å²) in [4.78, 5) is 33.7. The van der Waals surface area contributed by atoms with E-state index in [9.17, 15) is 9.59 Å². The predicted octanol–water partition coefficient (Wildman–Crippen LogP) is 5.99. The number of hydrogen-bond donors (Lipinski definition) is 3. The Balaban J connectivity index is 1.31. The zero-order valence-electron chi connectivity index (χ0n) is 24.6. The number of carbonyl (C=O) groups is 2. The molecule has 3 N–H and O–H groups in total. The Morgan fingerprint density at radius 1 is 1.11 bits per heavy atom. The third-order valence-corrected chi connectivity index (χ3v) is 11.6. The van der Waals surface area contributed by atoms with Crippen molar-refractivity contribution in [3.63, 3.8) is 0 Å². The smallest absolute Gasteiger partial charge is 0.238 e. The van der Waals surface area contributed by atoms with E-state index in [1.165, 1.54) is 12.5 Å². The standard InChI is InChI=1S/C32H35ClFIN6O3/c1-30(2)12-14-31(15-13-30)32(20-10-11-22(35)38-26(20)39-29(32)43)23(19-4-3-5-21(33)24(19)34)25(40-31)27(42)37-18-8-6-17(7-9-18)28-41-36-16-44-28/h3-5,10-11,16-18,23,25,40H,6-9,12-15H2,1-2H3,(H,37,42)(H,38,39,43)/t17?,18?,23-,25+,32+/m0/s1. The first-order valence-electron chi connectivity index (χ1n) is 15.3. The van der Waals surface area contributed by atoms with Crippen LogP contribution in [0.1, 0.15) is 94.1 Å². The third-order valence-electron chi connectivity index (χ3n) is 10.7. The van der Waals surface area contributed by atoms with Crippen LogP contribution in [0.15, 0.2) is 41.1 Å². The van der Waals surface area contributed by atoms with Gasteiger partial charge in [-0.05, 0) is 97.1 Å². The van der Waals surface area contributed by atoms with E-state index in [-0.39, 0.29) is 39.8 Å². The van der Waals surface area contributed by atoms with E-state index < -0.39 is 28.7 Å². The maximum atomic E-state index is 16.1. The Labute approximate surface area is 274 Å². The summed E-state index contributed by atoms with van der Waals surface area (Å²) in [7, 11) is 0. The molecule has 2 aliphatic heterocycles. The van der Waals surface area contributed by atoms with Gasteiger partial charge in [-0.2, -0.15) is 0 Å². The van der Waals surface area contributed by atoms with Crippen LogP contribution in [-0.4, -0.2) is 44.6 Å². The van der Waals surface area contributed by atoms with Crippen molar-refractivity contribution in [3.05, 3.63) is 68.3 Å². The minimum absolute atomic E-state index is 0.0405. The molecule has 44 heavy (non-hydrogen) atoms. The molecule has 1 aromatic carbocycles. The Kier molecular flexibility index (Phi) is 7.52. The van der Waals surface area contributed by atoms with Crippen molar-refractivity contribution < 1.29 is 18.4 Å². The molecule has 1 saturated heterocycles. The van der Waals surface area contributed by atoms with E-state index in [1.54, 1.807) is 12.1 Å². The summed E-state index contributed by atoms with van der Waals surface area (Å²) in [6.45, 7) is 4.47. The first kappa shape index (κ1) is 30.0. The van der Waals surface area contributed by atoms with Gasteiger partial charge in [-0.3, -0.25) is 14.9 Å². The fourth-order valence-corrected chi connectivity index (χ4v) is 9.02. The Morgan fingerprint density at radius 2 is 1.86 bits per heavy atom. The molecule has 4 heterocycles. The predicted molar refractivity (Wildman–Crippen MR) is 171 cm³/mol. The zero-order valence-corrected chi connectivity index (χ0v) is 27.5. The molecular weight excluding hydrogens is 698 g/mol. The molecule has 232 valence electrons. The molecule has 3 aromatic rings. The lowest BCUT2D eigenvalue weighted by Gasteiger charge is -2.50. The number of aromatic nitrogens is 3. The van der Waals surface area contributed by atoms with Crippen LogP contribution in [0.25, 0.3) is 0 Å². The zero-order chi connectivity index (χ0) is 30.9. The monoisotopic (exact) mass is 732 g/mol. The van der Waals surface area contributed by atoms with Crippen molar-refractivity contribution in [1.82, 2.24) is 25.8 Å². The Hall–Kier alpha value is -2.64. The van der Waals surface area contributed by atoms with Crippen LogP contribution in [0.5, 0.6) is 0 Å². The average Bonchev–Trinajstić information content (AvgIpc) is 3.70. The van der Waals surface area contributed by atoms with E-state index >= 15 is 4.39 Å². The molecule has 0 unspecified atom stereocenters. The van der Waals surface area contributed by atoms with Gasteiger partial charge in [-0.25, -0.2) is 9.37 Å². The van der Waals surface area contributed by atoms with Crippen molar-refractivity contribution in [3.8, 4) is 0 Å². The third kappa shape index (κ3) is 4.67. The Morgan fingerprint density at radius 3 is 2.57 bits per heavy atom. The van der Waals surface area contributed by atoms with Crippen molar-refractivity contribution >= 4 is 51.8 Å². The molecule has 3 fully saturated rings. The number of fused-ring (bicyclic) bond motifs is 3. The fraction of sp³-hybridized carbons (Fsp3) is 0.531. The lowest BCUT2D eigenvalue weighted by Crippen LogP contribution is -2.61. The lowest BCUT2D eigenvalue weighted by molar-refractivity contribution is -0.125. The van der Waals surface area contributed by atoms with Gasteiger partial charge in [-0.15, -0.1) is 10.2 Å². The van der Waals surface area contributed by atoms with Crippen molar-refractivity contribution in [1.29, 1.82) is 0 Å². The number of hydrogen-bond acceptors (Lipinski definition) is 7. The number of anilines is 1. The van der Waals surface area contributed by atoms with Crippen molar-refractivity contribution in [2.45, 2.75) is 100 Å². The van der Waals surface area contributed by atoms with Crippen LogP contribution in [0.4, 0.5) is 10.2 Å². The number of pyridine rings is 1. The molecule has 2 saturated carbocycles. The van der Waals surface area contributed by atoms with Gasteiger partial charge < -0.3 is 15.1 Å². The van der Waals surface area contributed by atoms with Gasteiger partial charge in [0.05, 0.1) is 11.1 Å². The normalized spacial score (nSPS) is 30.3. The summed E-state index contributed by atoms with van der Waals surface area (Å²) in [6.07, 6.45) is 7.45. The highest BCUT2D eigenvalue weighted by Gasteiger charge is 2.73. The minimum atomic E-state index is -1.28. The molecule has 12 heteroatoms. The van der Waals surface area contributed by atoms with Gasteiger partial charge in [0.1, 0.15) is 20.8 Å². The van der Waals surface area contributed by atoms with Crippen LogP contribution >= 0.6 is 34.2 Å². The van der Waals surface area contributed by atoms with E-state index in [1.807, 2.05) is 12.1 Å².